The molecule has 1 aliphatic heterocycles. The van der Waals surface area contributed by atoms with Crippen LogP contribution in [0.25, 0.3) is 0 Å². The third-order valence-electron chi connectivity index (χ3n) is 4.31. The van der Waals surface area contributed by atoms with Gasteiger partial charge in [0.1, 0.15) is 5.82 Å². The van der Waals surface area contributed by atoms with Crippen LogP contribution in [0.2, 0.25) is 0 Å². The SMILES string of the molecule is CCCN1CCCCC(CNC)C1c1ccccc1F. The van der Waals surface area contributed by atoms with Gasteiger partial charge in [-0.15, -0.1) is 0 Å². The second-order valence-electron chi connectivity index (χ2n) is 5.82. The highest BCUT2D eigenvalue weighted by Gasteiger charge is 2.31. The summed E-state index contributed by atoms with van der Waals surface area (Å²) in [6.45, 7) is 5.31. The number of benzene rings is 1. The summed E-state index contributed by atoms with van der Waals surface area (Å²) < 4.78 is 14.3. The molecule has 112 valence electrons. The minimum absolute atomic E-state index is 0.0541. The Morgan fingerprint density at radius 3 is 2.80 bits per heavy atom. The van der Waals surface area contributed by atoms with Crippen LogP contribution >= 0.6 is 0 Å². The molecule has 0 aliphatic carbocycles. The molecule has 1 fully saturated rings. The molecule has 3 heteroatoms. The minimum atomic E-state index is -0.0541. The van der Waals surface area contributed by atoms with Gasteiger partial charge in [0, 0.05) is 11.6 Å². The highest BCUT2D eigenvalue weighted by atomic mass is 19.1. The molecular formula is C17H27FN2. The zero-order valence-corrected chi connectivity index (χ0v) is 12.7. The van der Waals surface area contributed by atoms with Gasteiger partial charge in [-0.05, 0) is 57.9 Å². The van der Waals surface area contributed by atoms with Crippen LogP contribution in [0.3, 0.4) is 0 Å². The largest absolute Gasteiger partial charge is 0.319 e. The van der Waals surface area contributed by atoms with Crippen molar-refractivity contribution in [3.8, 4) is 0 Å². The van der Waals surface area contributed by atoms with E-state index in [4.69, 9.17) is 0 Å². The van der Waals surface area contributed by atoms with Crippen molar-refractivity contribution >= 4 is 0 Å². The van der Waals surface area contributed by atoms with E-state index in [0.717, 1.165) is 31.6 Å². The molecule has 2 atom stereocenters. The maximum atomic E-state index is 14.3. The van der Waals surface area contributed by atoms with Gasteiger partial charge < -0.3 is 5.32 Å². The van der Waals surface area contributed by atoms with E-state index in [-0.39, 0.29) is 11.9 Å². The molecule has 1 heterocycles. The van der Waals surface area contributed by atoms with E-state index in [1.165, 1.54) is 19.3 Å². The molecule has 0 aromatic heterocycles. The minimum Gasteiger partial charge on any atom is -0.319 e. The first-order chi connectivity index (χ1) is 9.77. The molecule has 1 aliphatic rings. The van der Waals surface area contributed by atoms with Crippen molar-refractivity contribution < 1.29 is 4.39 Å². The highest BCUT2D eigenvalue weighted by Crippen LogP contribution is 2.36. The lowest BCUT2D eigenvalue weighted by Crippen LogP contribution is -2.37. The topological polar surface area (TPSA) is 15.3 Å². The molecule has 2 rings (SSSR count). The van der Waals surface area contributed by atoms with Gasteiger partial charge in [-0.25, -0.2) is 4.39 Å². The van der Waals surface area contributed by atoms with Crippen LogP contribution in [0.5, 0.6) is 0 Å². The Hall–Kier alpha value is -0.930. The summed E-state index contributed by atoms with van der Waals surface area (Å²) >= 11 is 0. The second kappa shape index (κ2) is 7.75. The first kappa shape index (κ1) is 15.5. The summed E-state index contributed by atoms with van der Waals surface area (Å²) in [5.74, 6) is 0.438. The van der Waals surface area contributed by atoms with Crippen LogP contribution in [0, 0.1) is 11.7 Å². The van der Waals surface area contributed by atoms with E-state index in [1.807, 2.05) is 19.2 Å². The van der Waals surface area contributed by atoms with E-state index in [9.17, 15) is 4.39 Å². The molecular weight excluding hydrogens is 251 g/mol. The van der Waals surface area contributed by atoms with Crippen molar-refractivity contribution in [1.29, 1.82) is 0 Å². The predicted octanol–water partition coefficient (Wildman–Crippen LogP) is 3.60. The van der Waals surface area contributed by atoms with E-state index in [1.54, 1.807) is 12.1 Å². The van der Waals surface area contributed by atoms with Gasteiger partial charge in [0.15, 0.2) is 0 Å². The zero-order valence-electron chi connectivity index (χ0n) is 12.7. The summed E-state index contributed by atoms with van der Waals surface area (Å²) in [6.07, 6.45) is 4.78. The molecule has 2 unspecified atom stereocenters. The van der Waals surface area contributed by atoms with Gasteiger partial charge in [-0.1, -0.05) is 31.5 Å². The molecule has 0 saturated carbocycles. The van der Waals surface area contributed by atoms with Crippen molar-refractivity contribution in [2.24, 2.45) is 5.92 Å². The van der Waals surface area contributed by atoms with Crippen molar-refractivity contribution in [1.82, 2.24) is 10.2 Å². The van der Waals surface area contributed by atoms with Crippen LogP contribution in [-0.2, 0) is 0 Å². The van der Waals surface area contributed by atoms with Gasteiger partial charge in [0.25, 0.3) is 0 Å². The van der Waals surface area contributed by atoms with Crippen LogP contribution < -0.4 is 5.32 Å². The molecule has 1 aromatic rings. The molecule has 1 N–H and O–H groups in total. The molecule has 0 radical (unpaired) electrons. The highest BCUT2D eigenvalue weighted by molar-refractivity contribution is 5.22. The number of likely N-dealkylation sites (tertiary alicyclic amines) is 1. The van der Waals surface area contributed by atoms with Crippen molar-refractivity contribution in [3.63, 3.8) is 0 Å². The van der Waals surface area contributed by atoms with Gasteiger partial charge in [0.05, 0.1) is 0 Å². The molecule has 0 bridgehead atoms. The van der Waals surface area contributed by atoms with E-state index >= 15 is 0 Å². The van der Waals surface area contributed by atoms with Crippen LogP contribution in [0.1, 0.15) is 44.2 Å². The normalized spacial score (nSPS) is 24.6. The van der Waals surface area contributed by atoms with Crippen LogP contribution in [0.4, 0.5) is 4.39 Å². The Kier molecular flexibility index (Phi) is 5.99. The summed E-state index contributed by atoms with van der Waals surface area (Å²) in [5, 5.41) is 3.30. The Morgan fingerprint density at radius 2 is 2.10 bits per heavy atom. The molecule has 1 aromatic carbocycles. The number of halogens is 1. The van der Waals surface area contributed by atoms with Crippen molar-refractivity contribution in [2.45, 2.75) is 38.6 Å². The first-order valence-corrected chi connectivity index (χ1v) is 7.91. The fourth-order valence-corrected chi connectivity index (χ4v) is 3.50. The molecule has 20 heavy (non-hydrogen) atoms. The van der Waals surface area contributed by atoms with Crippen LogP contribution in [-0.4, -0.2) is 31.6 Å². The Bertz CT molecular complexity index is 392. The average molecular weight is 278 g/mol. The molecule has 2 nitrogen and oxygen atoms in total. The lowest BCUT2D eigenvalue weighted by atomic mass is 9.88. The summed E-state index contributed by atoms with van der Waals surface area (Å²) in [6, 6.07) is 7.53. The maximum Gasteiger partial charge on any atom is 0.127 e. The first-order valence-electron chi connectivity index (χ1n) is 7.91. The fourth-order valence-electron chi connectivity index (χ4n) is 3.50. The summed E-state index contributed by atoms with van der Waals surface area (Å²) in [7, 11) is 1.99. The number of nitrogens with one attached hydrogen (secondary N) is 1. The number of nitrogens with zero attached hydrogens (tertiary/aromatic N) is 1. The third-order valence-corrected chi connectivity index (χ3v) is 4.31. The van der Waals surface area contributed by atoms with Crippen molar-refractivity contribution in [3.05, 3.63) is 35.6 Å². The van der Waals surface area contributed by atoms with Gasteiger partial charge >= 0.3 is 0 Å². The van der Waals surface area contributed by atoms with E-state index in [0.29, 0.717) is 5.92 Å². The Labute approximate surface area is 122 Å². The quantitative estimate of drug-likeness (QED) is 0.885. The smallest absolute Gasteiger partial charge is 0.127 e. The van der Waals surface area contributed by atoms with Crippen LogP contribution in [0.15, 0.2) is 24.3 Å². The van der Waals surface area contributed by atoms with E-state index < -0.39 is 0 Å². The van der Waals surface area contributed by atoms with Gasteiger partial charge in [0.2, 0.25) is 0 Å². The maximum absolute atomic E-state index is 14.3. The standard InChI is InChI=1S/C17H27FN2/c1-3-11-20-12-7-6-8-14(13-19-2)17(20)15-9-4-5-10-16(15)18/h4-5,9-10,14,17,19H,3,6-8,11-13H2,1-2H3. The Morgan fingerprint density at radius 1 is 1.30 bits per heavy atom. The average Bonchev–Trinajstić information content (AvgIpc) is 2.63. The van der Waals surface area contributed by atoms with E-state index in [2.05, 4.69) is 17.1 Å². The number of hydrogen-bond donors (Lipinski definition) is 1. The van der Waals surface area contributed by atoms with Crippen molar-refractivity contribution in [2.75, 3.05) is 26.7 Å². The lowest BCUT2D eigenvalue weighted by Gasteiger charge is -2.35. The zero-order chi connectivity index (χ0) is 14.4. The van der Waals surface area contributed by atoms with Gasteiger partial charge in [-0.3, -0.25) is 4.90 Å². The predicted molar refractivity (Wildman–Crippen MR) is 82.3 cm³/mol. The summed E-state index contributed by atoms with van der Waals surface area (Å²) in [4.78, 5) is 2.49. The van der Waals surface area contributed by atoms with Gasteiger partial charge in [-0.2, -0.15) is 0 Å². The molecule has 0 spiro atoms. The monoisotopic (exact) mass is 278 g/mol. The third kappa shape index (κ3) is 3.58. The fraction of sp³-hybridized carbons (Fsp3) is 0.647. The Balaban J connectivity index is 2.33. The molecule has 1 saturated heterocycles. The second-order valence-corrected chi connectivity index (χ2v) is 5.82. The molecule has 0 amide bonds. The summed E-state index contributed by atoms with van der Waals surface area (Å²) in [5.41, 5.74) is 0.878. The number of rotatable bonds is 5. The lowest BCUT2D eigenvalue weighted by molar-refractivity contribution is 0.151. The number of hydrogen-bond acceptors (Lipinski definition) is 2.